The minimum Gasteiger partial charge on any atom is -0.465 e. The molecule has 0 amide bonds. The fourth-order valence-electron chi connectivity index (χ4n) is 3.15. The molecule has 0 N–H and O–H groups in total. The molecular formula is C21H36O6. The summed E-state index contributed by atoms with van der Waals surface area (Å²) in [7, 11) is 0. The zero-order valence-corrected chi connectivity index (χ0v) is 17.8. The maximum atomic E-state index is 12.3. The lowest BCUT2D eigenvalue weighted by atomic mass is 9.74. The molecule has 0 spiro atoms. The first-order valence-corrected chi connectivity index (χ1v) is 9.90. The molecule has 0 aromatic rings. The lowest BCUT2D eigenvalue weighted by Gasteiger charge is -2.28. The highest BCUT2D eigenvalue weighted by Crippen LogP contribution is 2.37. The summed E-state index contributed by atoms with van der Waals surface area (Å²) in [4.78, 5) is 46.7. The molecule has 1 unspecified atom stereocenters. The molecule has 1 atom stereocenters. The van der Waals surface area contributed by atoms with Crippen molar-refractivity contribution in [1.82, 2.24) is 0 Å². The van der Waals surface area contributed by atoms with E-state index in [-0.39, 0.29) is 36.2 Å². The van der Waals surface area contributed by atoms with Crippen LogP contribution in [-0.4, -0.2) is 35.7 Å². The molecule has 0 radical (unpaired) electrons. The van der Waals surface area contributed by atoms with E-state index in [1.807, 2.05) is 27.7 Å². The topological polar surface area (TPSA) is 86.7 Å². The maximum Gasteiger partial charge on any atom is 0.320 e. The van der Waals surface area contributed by atoms with Gasteiger partial charge in [-0.2, -0.15) is 0 Å². The molecular weight excluding hydrogens is 348 g/mol. The van der Waals surface area contributed by atoms with E-state index in [0.29, 0.717) is 19.3 Å². The van der Waals surface area contributed by atoms with E-state index >= 15 is 0 Å². The molecule has 6 heteroatoms. The normalized spacial score (nSPS) is 20.0. The van der Waals surface area contributed by atoms with E-state index in [1.165, 1.54) is 6.92 Å². The maximum absolute atomic E-state index is 12.3. The standard InChI is InChI=1S/C15H24O4.C6H12O2/c1-3-8-12(16)11-15(14(18)19-4-2)10-7-5-6-9-13(15)17;1-5(7)8-6(2,3)4/h3-11H2,1-2H3;1-4H3. The third kappa shape index (κ3) is 9.68. The van der Waals surface area contributed by atoms with Crippen LogP contribution in [0.2, 0.25) is 0 Å². The van der Waals surface area contributed by atoms with Crippen molar-refractivity contribution in [1.29, 1.82) is 0 Å². The molecule has 1 aliphatic rings. The summed E-state index contributed by atoms with van der Waals surface area (Å²) in [5, 5.41) is 0. The average molecular weight is 385 g/mol. The first-order chi connectivity index (χ1) is 12.5. The van der Waals surface area contributed by atoms with Crippen molar-refractivity contribution in [3.05, 3.63) is 0 Å². The second kappa shape index (κ2) is 11.9. The Labute approximate surface area is 163 Å². The van der Waals surface area contributed by atoms with Crippen molar-refractivity contribution in [2.75, 3.05) is 6.61 Å². The summed E-state index contributed by atoms with van der Waals surface area (Å²) >= 11 is 0. The Bertz CT molecular complexity index is 517. The fraction of sp³-hybridized carbons (Fsp3) is 0.810. The number of hydrogen-bond acceptors (Lipinski definition) is 6. The molecule has 156 valence electrons. The Kier molecular flexibility index (Phi) is 11.1. The third-order valence-corrected chi connectivity index (χ3v) is 4.19. The number of rotatable bonds is 6. The molecule has 0 saturated heterocycles. The number of ketones is 2. The van der Waals surface area contributed by atoms with Crippen LogP contribution in [0.15, 0.2) is 0 Å². The first-order valence-electron chi connectivity index (χ1n) is 9.90. The van der Waals surface area contributed by atoms with Gasteiger partial charge in [0.2, 0.25) is 0 Å². The molecule has 0 heterocycles. The number of esters is 2. The molecule has 6 nitrogen and oxygen atoms in total. The summed E-state index contributed by atoms with van der Waals surface area (Å²) in [6.45, 7) is 10.8. The van der Waals surface area contributed by atoms with Crippen LogP contribution in [0, 0.1) is 5.41 Å². The van der Waals surface area contributed by atoms with Crippen molar-refractivity contribution in [3.8, 4) is 0 Å². The van der Waals surface area contributed by atoms with E-state index in [1.54, 1.807) is 6.92 Å². The minimum absolute atomic E-state index is 0.00852. The fourth-order valence-corrected chi connectivity index (χ4v) is 3.15. The molecule has 1 aliphatic carbocycles. The van der Waals surface area contributed by atoms with Crippen molar-refractivity contribution in [2.24, 2.45) is 5.41 Å². The van der Waals surface area contributed by atoms with Crippen molar-refractivity contribution < 1.29 is 28.7 Å². The van der Waals surface area contributed by atoms with Gasteiger partial charge in [0.05, 0.1) is 6.61 Å². The summed E-state index contributed by atoms with van der Waals surface area (Å²) in [5.74, 6) is -0.831. The largest absolute Gasteiger partial charge is 0.465 e. The molecule has 1 fully saturated rings. The quantitative estimate of drug-likeness (QED) is 0.388. The SMILES string of the molecule is CC(=O)OC(C)(C)C.CCCC(=O)CC1(C(=O)OCC)CCCCCC1=O. The molecule has 27 heavy (non-hydrogen) atoms. The van der Waals surface area contributed by atoms with Crippen molar-refractivity contribution >= 4 is 23.5 Å². The second-order valence-corrected chi connectivity index (χ2v) is 7.96. The van der Waals surface area contributed by atoms with Gasteiger partial charge in [0, 0.05) is 26.2 Å². The lowest BCUT2D eigenvalue weighted by molar-refractivity contribution is -0.163. The lowest BCUT2D eigenvalue weighted by Crippen LogP contribution is -2.42. The Morgan fingerprint density at radius 3 is 2.15 bits per heavy atom. The van der Waals surface area contributed by atoms with E-state index in [4.69, 9.17) is 9.47 Å². The van der Waals surface area contributed by atoms with Crippen molar-refractivity contribution in [2.45, 2.75) is 98.5 Å². The molecule has 1 saturated carbocycles. The van der Waals surface area contributed by atoms with E-state index in [0.717, 1.165) is 25.7 Å². The molecule has 1 rings (SSSR count). The summed E-state index contributed by atoms with van der Waals surface area (Å²) in [6.07, 6.45) is 4.60. The Balaban J connectivity index is 0.000000713. The highest BCUT2D eigenvalue weighted by Gasteiger charge is 2.48. The van der Waals surface area contributed by atoms with Crippen LogP contribution in [0.3, 0.4) is 0 Å². The Hall–Kier alpha value is -1.72. The van der Waals surface area contributed by atoms with Gasteiger partial charge in [-0.05, 0) is 47.0 Å². The highest BCUT2D eigenvalue weighted by atomic mass is 16.6. The van der Waals surface area contributed by atoms with Crippen LogP contribution in [-0.2, 0) is 28.7 Å². The van der Waals surface area contributed by atoms with E-state index in [2.05, 4.69) is 0 Å². The summed E-state index contributed by atoms with van der Waals surface area (Å²) in [5.41, 5.74) is -1.52. The summed E-state index contributed by atoms with van der Waals surface area (Å²) < 4.78 is 9.88. The van der Waals surface area contributed by atoms with Gasteiger partial charge in [-0.1, -0.05) is 19.8 Å². The minimum atomic E-state index is -1.20. The third-order valence-electron chi connectivity index (χ3n) is 4.19. The van der Waals surface area contributed by atoms with Crippen LogP contribution in [0.4, 0.5) is 0 Å². The number of Topliss-reactive ketones (excluding diaryl/α,β-unsaturated/α-hetero) is 2. The van der Waals surface area contributed by atoms with Gasteiger partial charge in [-0.3, -0.25) is 19.2 Å². The predicted molar refractivity (Wildman–Crippen MR) is 103 cm³/mol. The van der Waals surface area contributed by atoms with Crippen molar-refractivity contribution in [3.63, 3.8) is 0 Å². The van der Waals surface area contributed by atoms with Crippen LogP contribution in [0.5, 0.6) is 0 Å². The van der Waals surface area contributed by atoms with Crippen LogP contribution in [0.25, 0.3) is 0 Å². The zero-order chi connectivity index (χ0) is 21.1. The summed E-state index contributed by atoms with van der Waals surface area (Å²) in [6, 6.07) is 0. The predicted octanol–water partition coefficient (Wildman–Crippen LogP) is 4.18. The Morgan fingerprint density at radius 2 is 1.70 bits per heavy atom. The van der Waals surface area contributed by atoms with Gasteiger partial charge in [-0.25, -0.2) is 0 Å². The van der Waals surface area contributed by atoms with Crippen LogP contribution in [0.1, 0.15) is 92.9 Å². The monoisotopic (exact) mass is 384 g/mol. The van der Waals surface area contributed by atoms with Gasteiger partial charge in [-0.15, -0.1) is 0 Å². The van der Waals surface area contributed by atoms with Gasteiger partial charge in [0.1, 0.15) is 16.8 Å². The van der Waals surface area contributed by atoms with Gasteiger partial charge < -0.3 is 9.47 Å². The molecule has 0 aromatic carbocycles. The van der Waals surface area contributed by atoms with Gasteiger partial charge >= 0.3 is 11.9 Å². The molecule has 0 aromatic heterocycles. The van der Waals surface area contributed by atoms with E-state index in [9.17, 15) is 19.2 Å². The van der Waals surface area contributed by atoms with Crippen LogP contribution < -0.4 is 0 Å². The smallest absolute Gasteiger partial charge is 0.320 e. The van der Waals surface area contributed by atoms with Crippen LogP contribution >= 0.6 is 0 Å². The highest BCUT2D eigenvalue weighted by molar-refractivity contribution is 6.07. The Morgan fingerprint density at radius 1 is 1.07 bits per heavy atom. The first kappa shape index (κ1) is 25.3. The molecule has 0 bridgehead atoms. The number of ether oxygens (including phenoxy) is 2. The zero-order valence-electron chi connectivity index (χ0n) is 17.8. The number of hydrogen-bond donors (Lipinski definition) is 0. The van der Waals surface area contributed by atoms with Gasteiger partial charge in [0.15, 0.2) is 5.78 Å². The number of carbonyl (C=O) groups excluding carboxylic acids is 4. The number of carbonyl (C=O) groups is 4. The second-order valence-electron chi connectivity index (χ2n) is 7.96. The average Bonchev–Trinajstić information content (AvgIpc) is 2.69. The van der Waals surface area contributed by atoms with Gasteiger partial charge in [0.25, 0.3) is 0 Å². The molecule has 0 aliphatic heterocycles. The van der Waals surface area contributed by atoms with E-state index < -0.39 is 11.4 Å².